The van der Waals surface area contributed by atoms with Crippen LogP contribution in [-0.4, -0.2) is 21.3 Å². The third-order valence-electron chi connectivity index (χ3n) is 2.70. The Morgan fingerprint density at radius 3 is 2.78 bits per heavy atom. The molecule has 2 rings (SSSR count). The lowest BCUT2D eigenvalue weighted by Gasteiger charge is -2.16. The van der Waals surface area contributed by atoms with Crippen LogP contribution in [0.1, 0.15) is 30.6 Å². The molecule has 0 fully saturated rings. The van der Waals surface area contributed by atoms with Crippen molar-refractivity contribution in [2.24, 2.45) is 7.05 Å². The summed E-state index contributed by atoms with van der Waals surface area (Å²) in [6.45, 7) is 3.11. The second-order valence-electron chi connectivity index (χ2n) is 4.24. The van der Waals surface area contributed by atoms with Crippen molar-refractivity contribution in [3.8, 4) is 0 Å². The van der Waals surface area contributed by atoms with Gasteiger partial charge in [0.2, 0.25) is 0 Å². The number of halogens is 1. The molecule has 2 aromatic heterocycles. The summed E-state index contributed by atoms with van der Waals surface area (Å²) in [4.78, 5) is 4.47. The minimum Gasteiger partial charge on any atom is -0.305 e. The third-order valence-corrected chi connectivity index (χ3v) is 3.17. The van der Waals surface area contributed by atoms with E-state index in [4.69, 9.17) is 0 Å². The van der Waals surface area contributed by atoms with E-state index in [1.165, 1.54) is 0 Å². The van der Waals surface area contributed by atoms with E-state index < -0.39 is 0 Å². The van der Waals surface area contributed by atoms with Gasteiger partial charge in [-0.25, -0.2) is 0 Å². The number of hydrogen-bond donors (Lipinski definition) is 1. The molecule has 0 aliphatic rings. The van der Waals surface area contributed by atoms with Crippen LogP contribution in [0.15, 0.2) is 35.2 Å². The highest BCUT2D eigenvalue weighted by Crippen LogP contribution is 2.21. The molecule has 1 N–H and O–H groups in total. The lowest BCUT2D eigenvalue weighted by atomic mass is 10.1. The Balaban J connectivity index is 2.27. The minimum absolute atomic E-state index is 0.103. The van der Waals surface area contributed by atoms with Crippen molar-refractivity contribution in [3.05, 3.63) is 46.5 Å². The van der Waals surface area contributed by atoms with Gasteiger partial charge in [0.25, 0.3) is 0 Å². The van der Waals surface area contributed by atoms with E-state index in [0.29, 0.717) is 0 Å². The van der Waals surface area contributed by atoms with Crippen LogP contribution in [0.5, 0.6) is 0 Å². The zero-order chi connectivity index (χ0) is 13.0. The highest BCUT2D eigenvalue weighted by molar-refractivity contribution is 9.10. The quantitative estimate of drug-likeness (QED) is 0.923. The fourth-order valence-electron chi connectivity index (χ4n) is 1.83. The number of nitrogens with one attached hydrogen (secondary N) is 1. The molecule has 1 atom stereocenters. The van der Waals surface area contributed by atoms with Crippen LogP contribution in [0.4, 0.5) is 0 Å². The molecule has 0 radical (unpaired) electrons. The van der Waals surface area contributed by atoms with Crippen molar-refractivity contribution in [1.29, 1.82) is 0 Å². The SMILES string of the molecule is CCCNC(c1cnn(C)c1)c1ccc(Br)cn1. The standard InChI is InChI=1S/C13H17BrN4/c1-3-6-15-13(10-7-17-18(2)9-10)12-5-4-11(14)8-16-12/h4-5,7-9,13,15H,3,6H2,1-2H3. The van der Waals surface area contributed by atoms with Crippen LogP contribution in [0.3, 0.4) is 0 Å². The highest BCUT2D eigenvalue weighted by Gasteiger charge is 2.16. The van der Waals surface area contributed by atoms with Gasteiger partial charge in [-0.05, 0) is 41.0 Å². The van der Waals surface area contributed by atoms with Crippen LogP contribution in [0.2, 0.25) is 0 Å². The molecular weight excluding hydrogens is 292 g/mol. The molecular formula is C13H17BrN4. The van der Waals surface area contributed by atoms with Gasteiger partial charge in [-0.3, -0.25) is 9.67 Å². The van der Waals surface area contributed by atoms with Gasteiger partial charge in [0.1, 0.15) is 0 Å². The van der Waals surface area contributed by atoms with E-state index in [1.807, 2.05) is 42.5 Å². The third kappa shape index (κ3) is 3.17. The van der Waals surface area contributed by atoms with Crippen LogP contribution < -0.4 is 5.32 Å². The Kier molecular flexibility index (Phi) is 4.49. The Morgan fingerprint density at radius 1 is 1.39 bits per heavy atom. The molecule has 18 heavy (non-hydrogen) atoms. The largest absolute Gasteiger partial charge is 0.305 e. The maximum absolute atomic E-state index is 4.47. The first kappa shape index (κ1) is 13.2. The smallest absolute Gasteiger partial charge is 0.0782 e. The van der Waals surface area contributed by atoms with Gasteiger partial charge < -0.3 is 5.32 Å². The Hall–Kier alpha value is -1.20. The van der Waals surface area contributed by atoms with Crippen LogP contribution >= 0.6 is 15.9 Å². The van der Waals surface area contributed by atoms with Crippen molar-refractivity contribution >= 4 is 15.9 Å². The first-order chi connectivity index (χ1) is 8.70. The number of pyridine rings is 1. The van der Waals surface area contributed by atoms with Crippen LogP contribution in [0, 0.1) is 0 Å². The van der Waals surface area contributed by atoms with E-state index in [2.05, 4.69) is 38.3 Å². The number of rotatable bonds is 5. The fraction of sp³-hybridized carbons (Fsp3) is 0.385. The van der Waals surface area contributed by atoms with E-state index in [9.17, 15) is 0 Å². The second-order valence-corrected chi connectivity index (χ2v) is 5.15. The molecule has 0 amide bonds. The summed E-state index contributed by atoms with van der Waals surface area (Å²) in [6.07, 6.45) is 6.83. The van der Waals surface area contributed by atoms with Crippen molar-refractivity contribution in [2.45, 2.75) is 19.4 Å². The van der Waals surface area contributed by atoms with Crippen molar-refractivity contribution < 1.29 is 0 Å². The maximum Gasteiger partial charge on any atom is 0.0782 e. The number of nitrogens with zero attached hydrogens (tertiary/aromatic N) is 3. The summed E-state index contributed by atoms with van der Waals surface area (Å²) < 4.78 is 2.81. The van der Waals surface area contributed by atoms with Crippen LogP contribution in [0.25, 0.3) is 0 Å². The molecule has 4 nitrogen and oxygen atoms in total. The lowest BCUT2D eigenvalue weighted by Crippen LogP contribution is -2.23. The van der Waals surface area contributed by atoms with Gasteiger partial charge in [0, 0.05) is 29.5 Å². The molecule has 0 spiro atoms. The van der Waals surface area contributed by atoms with Gasteiger partial charge >= 0.3 is 0 Å². The maximum atomic E-state index is 4.47. The van der Waals surface area contributed by atoms with Gasteiger partial charge in [-0.15, -0.1) is 0 Å². The van der Waals surface area contributed by atoms with Gasteiger partial charge in [0.05, 0.1) is 17.9 Å². The van der Waals surface area contributed by atoms with Gasteiger partial charge in [-0.1, -0.05) is 6.92 Å². The normalized spacial score (nSPS) is 12.6. The predicted octanol–water partition coefficient (Wildman–Crippen LogP) is 2.67. The first-order valence-electron chi connectivity index (χ1n) is 6.04. The Bertz CT molecular complexity index is 492. The number of hydrogen-bond acceptors (Lipinski definition) is 3. The second kappa shape index (κ2) is 6.11. The Morgan fingerprint density at radius 2 is 2.22 bits per heavy atom. The van der Waals surface area contributed by atoms with E-state index in [0.717, 1.165) is 28.7 Å². The van der Waals surface area contributed by atoms with E-state index in [1.54, 1.807) is 0 Å². The molecule has 0 aliphatic heterocycles. The molecule has 2 heterocycles. The predicted molar refractivity (Wildman–Crippen MR) is 75.3 cm³/mol. The molecule has 0 saturated carbocycles. The molecule has 0 bridgehead atoms. The molecule has 1 unspecified atom stereocenters. The molecule has 5 heteroatoms. The van der Waals surface area contributed by atoms with Gasteiger partial charge in [-0.2, -0.15) is 5.10 Å². The van der Waals surface area contributed by atoms with E-state index in [-0.39, 0.29) is 6.04 Å². The summed E-state index contributed by atoms with van der Waals surface area (Å²) >= 11 is 3.41. The van der Waals surface area contributed by atoms with Crippen LogP contribution in [-0.2, 0) is 7.05 Å². The van der Waals surface area contributed by atoms with Crippen molar-refractivity contribution in [3.63, 3.8) is 0 Å². The average Bonchev–Trinajstić information content (AvgIpc) is 2.78. The minimum atomic E-state index is 0.103. The summed E-state index contributed by atoms with van der Waals surface area (Å²) in [5.41, 5.74) is 2.15. The highest BCUT2D eigenvalue weighted by atomic mass is 79.9. The molecule has 0 aliphatic carbocycles. The molecule has 0 aromatic carbocycles. The molecule has 2 aromatic rings. The zero-order valence-electron chi connectivity index (χ0n) is 10.6. The van der Waals surface area contributed by atoms with Gasteiger partial charge in [0.15, 0.2) is 0 Å². The van der Waals surface area contributed by atoms with Crippen molar-refractivity contribution in [1.82, 2.24) is 20.1 Å². The summed E-state index contributed by atoms with van der Waals surface area (Å²) in [5, 5.41) is 7.73. The fourth-order valence-corrected chi connectivity index (χ4v) is 2.06. The van der Waals surface area contributed by atoms with E-state index >= 15 is 0 Å². The summed E-state index contributed by atoms with van der Waals surface area (Å²) in [7, 11) is 1.93. The zero-order valence-corrected chi connectivity index (χ0v) is 12.2. The monoisotopic (exact) mass is 308 g/mol. The first-order valence-corrected chi connectivity index (χ1v) is 6.83. The number of aryl methyl sites for hydroxylation is 1. The topological polar surface area (TPSA) is 42.7 Å². The van der Waals surface area contributed by atoms with Crippen molar-refractivity contribution in [2.75, 3.05) is 6.54 Å². The average molecular weight is 309 g/mol. The summed E-state index contributed by atoms with van der Waals surface area (Å²) in [5.74, 6) is 0. The summed E-state index contributed by atoms with van der Waals surface area (Å²) in [6, 6.07) is 4.15. The molecule has 96 valence electrons. The Labute approximate surface area is 116 Å². The number of aromatic nitrogens is 3. The molecule has 0 saturated heterocycles. The lowest BCUT2D eigenvalue weighted by molar-refractivity contribution is 0.586.